The van der Waals surface area contributed by atoms with E-state index < -0.39 is 0 Å². The Morgan fingerprint density at radius 2 is 1.76 bits per heavy atom. The maximum atomic E-state index is 12.1. The molecular weight excluding hydrogens is 264 g/mol. The Morgan fingerprint density at radius 3 is 2.48 bits per heavy atom. The van der Waals surface area contributed by atoms with Crippen molar-refractivity contribution in [1.82, 2.24) is 0 Å². The molecule has 0 amide bonds. The Labute approximate surface area is 126 Å². The standard InChI is InChI=1S/C18H24O3/c1-20-17-11-10-13(15-8-4-5-9-16(15)19)12-18(17)21-14-6-2-3-7-14/h10-12,14-15H,2-9H2,1H3. The number of hydrogen-bond acceptors (Lipinski definition) is 3. The van der Waals surface area contributed by atoms with Crippen LogP contribution >= 0.6 is 0 Å². The fraction of sp³-hybridized carbons (Fsp3) is 0.611. The lowest BCUT2D eigenvalue weighted by Gasteiger charge is -2.23. The molecule has 1 aromatic carbocycles. The van der Waals surface area contributed by atoms with Gasteiger partial charge in [0.05, 0.1) is 13.2 Å². The molecule has 2 saturated carbocycles. The SMILES string of the molecule is COc1ccc(C2CCCCC2=O)cc1OC1CCCC1. The first-order valence-corrected chi connectivity index (χ1v) is 8.15. The van der Waals surface area contributed by atoms with Gasteiger partial charge in [-0.2, -0.15) is 0 Å². The number of ketones is 1. The summed E-state index contributed by atoms with van der Waals surface area (Å²) in [5.74, 6) is 2.00. The van der Waals surface area contributed by atoms with E-state index in [0.29, 0.717) is 11.9 Å². The van der Waals surface area contributed by atoms with Crippen LogP contribution in [0.15, 0.2) is 18.2 Å². The lowest BCUT2D eigenvalue weighted by Crippen LogP contribution is -2.17. The van der Waals surface area contributed by atoms with Gasteiger partial charge in [-0.3, -0.25) is 4.79 Å². The minimum atomic E-state index is 0.0515. The van der Waals surface area contributed by atoms with Crippen molar-refractivity contribution in [3.63, 3.8) is 0 Å². The van der Waals surface area contributed by atoms with Gasteiger partial charge in [0, 0.05) is 12.3 Å². The summed E-state index contributed by atoms with van der Waals surface area (Å²) in [6.07, 6.45) is 8.89. The summed E-state index contributed by atoms with van der Waals surface area (Å²) in [7, 11) is 1.67. The van der Waals surface area contributed by atoms with Gasteiger partial charge in [0.25, 0.3) is 0 Å². The molecule has 1 atom stereocenters. The second-order valence-corrected chi connectivity index (χ2v) is 6.20. The van der Waals surface area contributed by atoms with Crippen LogP contribution in [-0.4, -0.2) is 19.0 Å². The van der Waals surface area contributed by atoms with Crippen molar-refractivity contribution >= 4 is 5.78 Å². The molecular formula is C18H24O3. The zero-order valence-electron chi connectivity index (χ0n) is 12.8. The fourth-order valence-electron chi connectivity index (χ4n) is 3.52. The zero-order valence-corrected chi connectivity index (χ0v) is 12.8. The largest absolute Gasteiger partial charge is 0.493 e. The summed E-state index contributed by atoms with van der Waals surface area (Å²) in [5.41, 5.74) is 1.09. The van der Waals surface area contributed by atoms with Crippen molar-refractivity contribution in [3.8, 4) is 11.5 Å². The van der Waals surface area contributed by atoms with Gasteiger partial charge in [-0.15, -0.1) is 0 Å². The van der Waals surface area contributed by atoms with Crippen molar-refractivity contribution in [2.45, 2.75) is 63.4 Å². The van der Waals surface area contributed by atoms with Gasteiger partial charge in [-0.25, -0.2) is 0 Å². The molecule has 3 nitrogen and oxygen atoms in total. The Bertz CT molecular complexity index is 503. The molecule has 2 aliphatic rings. The van der Waals surface area contributed by atoms with E-state index in [-0.39, 0.29) is 5.92 Å². The topological polar surface area (TPSA) is 35.5 Å². The van der Waals surface area contributed by atoms with E-state index in [1.807, 2.05) is 18.2 Å². The van der Waals surface area contributed by atoms with E-state index in [0.717, 1.165) is 55.6 Å². The third kappa shape index (κ3) is 3.22. The smallest absolute Gasteiger partial charge is 0.161 e. The van der Waals surface area contributed by atoms with Crippen LogP contribution in [0.25, 0.3) is 0 Å². The van der Waals surface area contributed by atoms with Gasteiger partial charge in [0.1, 0.15) is 5.78 Å². The lowest BCUT2D eigenvalue weighted by molar-refractivity contribution is -0.121. The minimum Gasteiger partial charge on any atom is -0.493 e. The predicted molar refractivity (Wildman–Crippen MR) is 82.1 cm³/mol. The van der Waals surface area contributed by atoms with Gasteiger partial charge in [-0.05, 0) is 56.2 Å². The van der Waals surface area contributed by atoms with Crippen LogP contribution in [0.4, 0.5) is 0 Å². The van der Waals surface area contributed by atoms with Crippen LogP contribution in [0.2, 0.25) is 0 Å². The van der Waals surface area contributed by atoms with Crippen LogP contribution in [0.1, 0.15) is 62.8 Å². The van der Waals surface area contributed by atoms with E-state index in [9.17, 15) is 4.79 Å². The van der Waals surface area contributed by atoms with Crippen LogP contribution in [0, 0.1) is 0 Å². The van der Waals surface area contributed by atoms with Crippen molar-refractivity contribution in [1.29, 1.82) is 0 Å². The van der Waals surface area contributed by atoms with Crippen molar-refractivity contribution < 1.29 is 14.3 Å². The molecule has 3 heteroatoms. The summed E-state index contributed by atoms with van der Waals surface area (Å²) in [5, 5.41) is 0. The summed E-state index contributed by atoms with van der Waals surface area (Å²) in [6.45, 7) is 0. The molecule has 0 spiro atoms. The number of carbonyl (C=O) groups excluding carboxylic acids is 1. The second kappa shape index (κ2) is 6.50. The predicted octanol–water partition coefficient (Wildman–Crippen LogP) is 4.24. The van der Waals surface area contributed by atoms with Gasteiger partial charge >= 0.3 is 0 Å². The average molecular weight is 288 g/mol. The third-order valence-electron chi connectivity index (χ3n) is 4.74. The Balaban J connectivity index is 1.83. The van der Waals surface area contributed by atoms with E-state index in [1.54, 1.807) is 7.11 Å². The third-order valence-corrected chi connectivity index (χ3v) is 4.74. The summed E-state index contributed by atoms with van der Waals surface area (Å²) in [6, 6.07) is 6.00. The van der Waals surface area contributed by atoms with Crippen molar-refractivity contribution in [3.05, 3.63) is 23.8 Å². The molecule has 2 fully saturated rings. The normalized spacial score (nSPS) is 23.3. The summed E-state index contributed by atoms with van der Waals surface area (Å²) in [4.78, 5) is 12.1. The van der Waals surface area contributed by atoms with Crippen LogP contribution in [0.3, 0.4) is 0 Å². The molecule has 0 heterocycles. The van der Waals surface area contributed by atoms with E-state index >= 15 is 0 Å². The number of methoxy groups -OCH3 is 1. The maximum absolute atomic E-state index is 12.1. The quantitative estimate of drug-likeness (QED) is 0.831. The highest BCUT2D eigenvalue weighted by Crippen LogP contribution is 2.37. The highest BCUT2D eigenvalue weighted by atomic mass is 16.5. The molecule has 21 heavy (non-hydrogen) atoms. The second-order valence-electron chi connectivity index (χ2n) is 6.20. The maximum Gasteiger partial charge on any atom is 0.161 e. The van der Waals surface area contributed by atoms with E-state index in [2.05, 4.69) is 0 Å². The first-order valence-electron chi connectivity index (χ1n) is 8.15. The minimum absolute atomic E-state index is 0.0515. The Hall–Kier alpha value is -1.51. The Kier molecular flexibility index (Phi) is 4.47. The van der Waals surface area contributed by atoms with Gasteiger partial charge in [0.15, 0.2) is 11.5 Å². The molecule has 3 rings (SSSR count). The highest BCUT2D eigenvalue weighted by Gasteiger charge is 2.25. The number of Topliss-reactive ketones (excluding diaryl/α,β-unsaturated/α-hetero) is 1. The molecule has 2 aliphatic carbocycles. The number of benzene rings is 1. The van der Waals surface area contributed by atoms with Crippen LogP contribution < -0.4 is 9.47 Å². The Morgan fingerprint density at radius 1 is 1.00 bits per heavy atom. The molecule has 0 saturated heterocycles. The zero-order chi connectivity index (χ0) is 14.7. The van der Waals surface area contributed by atoms with Crippen LogP contribution in [-0.2, 0) is 4.79 Å². The van der Waals surface area contributed by atoms with Crippen molar-refractivity contribution in [2.75, 3.05) is 7.11 Å². The molecule has 0 aromatic heterocycles. The first kappa shape index (κ1) is 14.4. The summed E-state index contributed by atoms with van der Waals surface area (Å²) < 4.78 is 11.5. The molecule has 0 N–H and O–H groups in total. The average Bonchev–Trinajstić information content (AvgIpc) is 3.01. The van der Waals surface area contributed by atoms with Crippen molar-refractivity contribution in [2.24, 2.45) is 0 Å². The fourth-order valence-corrected chi connectivity index (χ4v) is 3.52. The molecule has 0 aliphatic heterocycles. The number of rotatable bonds is 4. The highest BCUT2D eigenvalue weighted by molar-refractivity contribution is 5.86. The molecule has 114 valence electrons. The van der Waals surface area contributed by atoms with E-state index in [1.165, 1.54) is 12.8 Å². The van der Waals surface area contributed by atoms with Gasteiger partial charge in [-0.1, -0.05) is 12.5 Å². The molecule has 0 radical (unpaired) electrons. The molecule has 0 bridgehead atoms. The van der Waals surface area contributed by atoms with Gasteiger partial charge in [0.2, 0.25) is 0 Å². The van der Waals surface area contributed by atoms with E-state index in [4.69, 9.17) is 9.47 Å². The number of carbonyl (C=O) groups is 1. The van der Waals surface area contributed by atoms with Crippen LogP contribution in [0.5, 0.6) is 11.5 Å². The monoisotopic (exact) mass is 288 g/mol. The molecule has 1 unspecified atom stereocenters. The first-order chi connectivity index (χ1) is 10.3. The molecule has 1 aromatic rings. The number of ether oxygens (including phenoxy) is 2. The number of hydrogen-bond donors (Lipinski definition) is 0. The summed E-state index contributed by atoms with van der Waals surface area (Å²) >= 11 is 0. The van der Waals surface area contributed by atoms with Gasteiger partial charge < -0.3 is 9.47 Å². The lowest BCUT2D eigenvalue weighted by atomic mass is 9.83.